The number of nitrogens with zero attached hydrogens (tertiary/aromatic N) is 1. The van der Waals surface area contributed by atoms with E-state index in [1.807, 2.05) is 37.2 Å². The summed E-state index contributed by atoms with van der Waals surface area (Å²) in [4.78, 5) is 25.9. The van der Waals surface area contributed by atoms with Crippen LogP contribution >= 0.6 is 15.9 Å². The summed E-state index contributed by atoms with van der Waals surface area (Å²) >= 11 is 3.43. The summed E-state index contributed by atoms with van der Waals surface area (Å²) in [5.41, 5.74) is 2.66. The molecule has 0 radical (unpaired) electrons. The third-order valence-corrected chi connectivity index (χ3v) is 4.12. The molecule has 2 rings (SSSR count). The van der Waals surface area contributed by atoms with E-state index in [0.29, 0.717) is 0 Å². The van der Waals surface area contributed by atoms with E-state index in [2.05, 4.69) is 15.9 Å². The monoisotopic (exact) mass is 413 g/mol. The van der Waals surface area contributed by atoms with Gasteiger partial charge in [0.2, 0.25) is 0 Å². The third kappa shape index (κ3) is 6.01. The summed E-state index contributed by atoms with van der Waals surface area (Å²) in [7, 11) is 3.86. The number of carbonyl (C=O) groups is 2. The molecule has 0 amide bonds. The van der Waals surface area contributed by atoms with Crippen LogP contribution in [0.15, 0.2) is 59.1 Å². The van der Waals surface area contributed by atoms with Gasteiger partial charge in [0.25, 0.3) is 0 Å². The Hall–Kier alpha value is -2.66. The van der Waals surface area contributed by atoms with E-state index in [0.717, 1.165) is 21.3 Å². The molecule has 5 heteroatoms. The van der Waals surface area contributed by atoms with Crippen molar-refractivity contribution in [3.63, 3.8) is 0 Å². The van der Waals surface area contributed by atoms with E-state index in [9.17, 15) is 14.7 Å². The molecule has 0 saturated carbocycles. The van der Waals surface area contributed by atoms with Crippen molar-refractivity contribution >= 4 is 45.3 Å². The summed E-state index contributed by atoms with van der Waals surface area (Å²) in [5.74, 6) is -0.354. The number of carbonyl (C=O) groups excluding carboxylic acids is 2. The first kappa shape index (κ1) is 19.7. The van der Waals surface area contributed by atoms with Crippen LogP contribution in [0.2, 0.25) is 0 Å². The second kappa shape index (κ2) is 9.15. The highest BCUT2D eigenvalue weighted by atomic mass is 79.9. The highest BCUT2D eigenvalue weighted by Gasteiger charge is 2.06. The topological polar surface area (TPSA) is 57.6 Å². The van der Waals surface area contributed by atoms with E-state index in [-0.39, 0.29) is 23.7 Å². The molecular weight excluding hydrogens is 394 g/mol. The van der Waals surface area contributed by atoms with Gasteiger partial charge in [-0.3, -0.25) is 9.59 Å². The standard InChI is InChI=1S/C21H20BrNO3/c1-23(2)21-13-17(22)8-6-16(21)7-12-20(26)14-19(25)11-5-15-3-9-18(24)10-4-15/h3-13,24H,14H2,1-2H3. The quantitative estimate of drug-likeness (QED) is 0.537. The zero-order chi connectivity index (χ0) is 19.1. The van der Waals surface area contributed by atoms with E-state index in [4.69, 9.17) is 0 Å². The van der Waals surface area contributed by atoms with E-state index in [1.165, 1.54) is 12.2 Å². The summed E-state index contributed by atoms with van der Waals surface area (Å²) in [6.07, 6.45) is 5.98. The van der Waals surface area contributed by atoms with Gasteiger partial charge in [0.15, 0.2) is 11.6 Å². The molecule has 0 spiro atoms. The minimum Gasteiger partial charge on any atom is -0.508 e. The predicted octanol–water partition coefficient (Wildman–Crippen LogP) is 4.48. The van der Waals surface area contributed by atoms with Crippen LogP contribution in [0.3, 0.4) is 0 Å². The van der Waals surface area contributed by atoms with Crippen molar-refractivity contribution in [2.75, 3.05) is 19.0 Å². The summed E-state index contributed by atoms with van der Waals surface area (Å²) in [6.45, 7) is 0. The lowest BCUT2D eigenvalue weighted by atomic mass is 10.1. The lowest BCUT2D eigenvalue weighted by Gasteiger charge is -2.16. The maximum Gasteiger partial charge on any atom is 0.163 e. The van der Waals surface area contributed by atoms with Gasteiger partial charge >= 0.3 is 0 Å². The van der Waals surface area contributed by atoms with Crippen LogP contribution in [0, 0.1) is 0 Å². The molecule has 4 nitrogen and oxygen atoms in total. The van der Waals surface area contributed by atoms with Gasteiger partial charge in [0.05, 0.1) is 6.42 Å². The molecule has 0 saturated heterocycles. The predicted molar refractivity (Wildman–Crippen MR) is 109 cm³/mol. The van der Waals surface area contributed by atoms with Gasteiger partial charge in [-0.25, -0.2) is 0 Å². The largest absolute Gasteiger partial charge is 0.508 e. The lowest BCUT2D eigenvalue weighted by molar-refractivity contribution is -0.121. The summed E-state index contributed by atoms with van der Waals surface area (Å²) in [5, 5.41) is 9.23. The smallest absolute Gasteiger partial charge is 0.163 e. The van der Waals surface area contributed by atoms with Gasteiger partial charge in [-0.1, -0.05) is 40.2 Å². The van der Waals surface area contributed by atoms with E-state index >= 15 is 0 Å². The Labute approximate surface area is 161 Å². The van der Waals surface area contributed by atoms with E-state index in [1.54, 1.807) is 36.4 Å². The van der Waals surface area contributed by atoms with Crippen LogP contribution in [0.25, 0.3) is 12.2 Å². The molecule has 0 unspecified atom stereocenters. The number of phenolic OH excluding ortho intramolecular Hbond substituents is 1. The van der Waals surface area contributed by atoms with Crippen molar-refractivity contribution in [3.8, 4) is 5.75 Å². The minimum atomic E-state index is -0.267. The zero-order valence-electron chi connectivity index (χ0n) is 14.6. The van der Waals surface area contributed by atoms with Crippen LogP contribution in [-0.2, 0) is 9.59 Å². The fraction of sp³-hybridized carbons (Fsp3) is 0.143. The second-order valence-electron chi connectivity index (χ2n) is 5.97. The van der Waals surface area contributed by atoms with Gasteiger partial charge in [0.1, 0.15) is 5.75 Å². The molecule has 0 aliphatic heterocycles. The molecule has 0 aromatic heterocycles. The molecule has 0 atom stereocenters. The normalized spacial score (nSPS) is 11.2. The van der Waals surface area contributed by atoms with Crippen LogP contribution in [0.5, 0.6) is 5.75 Å². The first-order valence-electron chi connectivity index (χ1n) is 8.03. The van der Waals surface area contributed by atoms with Crippen LogP contribution in [0.4, 0.5) is 5.69 Å². The molecule has 2 aromatic rings. The number of rotatable bonds is 7. The maximum absolute atomic E-state index is 12.0. The first-order valence-corrected chi connectivity index (χ1v) is 8.82. The Morgan fingerprint density at radius 1 is 1.00 bits per heavy atom. The number of benzene rings is 2. The Kier molecular flexibility index (Phi) is 6.92. The number of halogens is 1. The van der Waals surface area contributed by atoms with Crippen molar-refractivity contribution in [1.29, 1.82) is 0 Å². The fourth-order valence-electron chi connectivity index (χ4n) is 2.29. The Morgan fingerprint density at radius 3 is 2.23 bits per heavy atom. The molecule has 2 aromatic carbocycles. The van der Waals surface area contributed by atoms with Crippen molar-refractivity contribution in [1.82, 2.24) is 0 Å². The Morgan fingerprint density at radius 2 is 1.62 bits per heavy atom. The number of anilines is 1. The molecule has 0 aliphatic rings. The van der Waals surface area contributed by atoms with Gasteiger partial charge < -0.3 is 10.0 Å². The van der Waals surface area contributed by atoms with Crippen molar-refractivity contribution in [2.45, 2.75) is 6.42 Å². The average molecular weight is 414 g/mol. The number of ketones is 2. The minimum absolute atomic E-state index is 0.166. The molecule has 0 heterocycles. The van der Waals surface area contributed by atoms with Crippen molar-refractivity contribution < 1.29 is 14.7 Å². The number of hydrogen-bond donors (Lipinski definition) is 1. The summed E-state index contributed by atoms with van der Waals surface area (Å²) < 4.78 is 0.958. The van der Waals surface area contributed by atoms with E-state index < -0.39 is 0 Å². The number of phenols is 1. The number of aromatic hydroxyl groups is 1. The van der Waals surface area contributed by atoms with Crippen LogP contribution in [0.1, 0.15) is 17.5 Å². The second-order valence-corrected chi connectivity index (χ2v) is 6.88. The van der Waals surface area contributed by atoms with Crippen LogP contribution < -0.4 is 4.90 Å². The molecule has 0 bridgehead atoms. The third-order valence-electron chi connectivity index (χ3n) is 3.63. The van der Waals surface area contributed by atoms with Gasteiger partial charge in [-0.2, -0.15) is 0 Å². The number of hydrogen-bond acceptors (Lipinski definition) is 4. The molecule has 1 N–H and O–H groups in total. The van der Waals surface area contributed by atoms with Crippen molar-refractivity contribution in [2.24, 2.45) is 0 Å². The lowest BCUT2D eigenvalue weighted by Crippen LogP contribution is -2.10. The molecule has 26 heavy (non-hydrogen) atoms. The van der Waals surface area contributed by atoms with Crippen molar-refractivity contribution in [3.05, 3.63) is 70.2 Å². The first-order chi connectivity index (χ1) is 12.3. The Balaban J connectivity index is 1.99. The highest BCUT2D eigenvalue weighted by molar-refractivity contribution is 9.10. The molecule has 0 fully saturated rings. The van der Waals surface area contributed by atoms with Gasteiger partial charge in [0, 0.05) is 24.3 Å². The average Bonchev–Trinajstić information content (AvgIpc) is 2.60. The molecule has 0 aliphatic carbocycles. The van der Waals surface area contributed by atoms with Gasteiger partial charge in [-0.05, 0) is 53.6 Å². The highest BCUT2D eigenvalue weighted by Crippen LogP contribution is 2.24. The summed E-state index contributed by atoms with van der Waals surface area (Å²) in [6, 6.07) is 12.2. The SMILES string of the molecule is CN(C)c1cc(Br)ccc1C=CC(=O)CC(=O)C=Cc1ccc(O)cc1. The zero-order valence-corrected chi connectivity index (χ0v) is 16.2. The number of allylic oxidation sites excluding steroid dienone is 2. The van der Waals surface area contributed by atoms with Crippen LogP contribution in [-0.4, -0.2) is 30.8 Å². The Bertz CT molecular complexity index is 852. The van der Waals surface area contributed by atoms with Gasteiger partial charge in [-0.15, -0.1) is 0 Å². The molecule has 134 valence electrons. The maximum atomic E-state index is 12.0. The molecular formula is C21H20BrNO3. The fourth-order valence-corrected chi connectivity index (χ4v) is 2.64.